The fourth-order valence-corrected chi connectivity index (χ4v) is 3.67. The number of benzene rings is 1. The Kier molecular flexibility index (Phi) is 3.16. The van der Waals surface area contributed by atoms with Crippen molar-refractivity contribution in [3.63, 3.8) is 0 Å². The first kappa shape index (κ1) is 12.4. The number of amides is 1. The summed E-state index contributed by atoms with van der Waals surface area (Å²) in [5.74, 6) is 0.481. The highest BCUT2D eigenvalue weighted by molar-refractivity contribution is 7.21. The molecule has 2 aromatic rings. The minimum absolute atomic E-state index is 0.0506. The molecular weight excluding hydrogens is 258 g/mol. The lowest BCUT2D eigenvalue weighted by atomic mass is 10.1. The van der Waals surface area contributed by atoms with Gasteiger partial charge in [-0.1, -0.05) is 18.2 Å². The number of rotatable bonds is 2. The molecule has 1 aromatic heterocycles. The van der Waals surface area contributed by atoms with Crippen molar-refractivity contribution in [3.05, 3.63) is 29.1 Å². The molecule has 1 aliphatic heterocycles. The first-order valence-electron chi connectivity index (χ1n) is 6.47. The van der Waals surface area contributed by atoms with Crippen LogP contribution in [-0.4, -0.2) is 30.4 Å². The number of thiophene rings is 1. The van der Waals surface area contributed by atoms with Crippen molar-refractivity contribution in [1.82, 2.24) is 4.90 Å². The average molecular weight is 275 g/mol. The van der Waals surface area contributed by atoms with Crippen LogP contribution in [0, 0.1) is 5.92 Å². The van der Waals surface area contributed by atoms with Gasteiger partial charge in [-0.2, -0.15) is 0 Å². The summed E-state index contributed by atoms with van der Waals surface area (Å²) in [5, 5.41) is 0.977. The number of nitrogens with two attached hydrogens (primary N) is 2. The molecule has 1 amide bonds. The first-order chi connectivity index (χ1) is 9.20. The lowest BCUT2D eigenvalue weighted by Crippen LogP contribution is -2.29. The van der Waals surface area contributed by atoms with Crippen LogP contribution in [0.1, 0.15) is 16.1 Å². The molecule has 0 aliphatic carbocycles. The Bertz CT molecular complexity index is 622. The number of likely N-dealkylation sites (tertiary alicyclic amines) is 1. The van der Waals surface area contributed by atoms with E-state index in [4.69, 9.17) is 11.5 Å². The van der Waals surface area contributed by atoms with E-state index in [1.54, 1.807) is 0 Å². The van der Waals surface area contributed by atoms with Crippen molar-refractivity contribution in [2.75, 3.05) is 25.4 Å². The van der Waals surface area contributed by atoms with E-state index < -0.39 is 0 Å². The van der Waals surface area contributed by atoms with Crippen LogP contribution in [0.3, 0.4) is 0 Å². The van der Waals surface area contributed by atoms with Gasteiger partial charge in [0.2, 0.25) is 0 Å². The number of fused-ring (bicyclic) bond motifs is 1. The fourth-order valence-electron chi connectivity index (χ4n) is 2.58. The summed E-state index contributed by atoms with van der Waals surface area (Å²) in [6.45, 7) is 2.18. The SMILES string of the molecule is NCC1CCN(C(=O)c2sc3ccccc3c2N)C1. The average Bonchev–Trinajstić information content (AvgIpc) is 3.04. The molecule has 2 heterocycles. The Morgan fingerprint density at radius 1 is 1.42 bits per heavy atom. The Labute approximate surface area is 116 Å². The smallest absolute Gasteiger partial charge is 0.266 e. The lowest BCUT2D eigenvalue weighted by molar-refractivity contribution is 0.0793. The molecule has 1 atom stereocenters. The highest BCUT2D eigenvalue weighted by Gasteiger charge is 2.28. The summed E-state index contributed by atoms with van der Waals surface area (Å²) >= 11 is 1.48. The van der Waals surface area contributed by atoms with Crippen LogP contribution in [0.4, 0.5) is 5.69 Å². The van der Waals surface area contributed by atoms with Gasteiger partial charge in [0.15, 0.2) is 0 Å². The number of nitrogen functional groups attached to an aromatic ring is 1. The molecule has 1 aliphatic rings. The summed E-state index contributed by atoms with van der Waals surface area (Å²) < 4.78 is 1.07. The summed E-state index contributed by atoms with van der Waals surface area (Å²) in [5.41, 5.74) is 12.4. The number of carbonyl (C=O) groups excluding carboxylic acids is 1. The van der Waals surface area contributed by atoms with Crippen LogP contribution in [0.2, 0.25) is 0 Å². The second kappa shape index (κ2) is 4.83. The van der Waals surface area contributed by atoms with E-state index in [1.165, 1.54) is 11.3 Å². The Morgan fingerprint density at radius 2 is 2.21 bits per heavy atom. The third-order valence-corrected chi connectivity index (χ3v) is 4.91. The van der Waals surface area contributed by atoms with Gasteiger partial charge < -0.3 is 16.4 Å². The number of hydrogen-bond acceptors (Lipinski definition) is 4. The quantitative estimate of drug-likeness (QED) is 0.879. The molecule has 1 fully saturated rings. The van der Waals surface area contributed by atoms with Gasteiger partial charge >= 0.3 is 0 Å². The molecule has 3 rings (SSSR count). The van der Waals surface area contributed by atoms with Crippen molar-refractivity contribution in [1.29, 1.82) is 0 Å². The highest BCUT2D eigenvalue weighted by atomic mass is 32.1. The van der Waals surface area contributed by atoms with E-state index in [0.29, 0.717) is 23.0 Å². The molecule has 0 bridgehead atoms. The summed E-state index contributed by atoms with van der Waals surface area (Å²) in [6.07, 6.45) is 0.993. The number of anilines is 1. The van der Waals surface area contributed by atoms with E-state index in [9.17, 15) is 4.79 Å². The van der Waals surface area contributed by atoms with E-state index in [2.05, 4.69) is 0 Å². The molecule has 19 heavy (non-hydrogen) atoms. The van der Waals surface area contributed by atoms with Crippen molar-refractivity contribution in [2.24, 2.45) is 11.7 Å². The van der Waals surface area contributed by atoms with Gasteiger partial charge in [0.25, 0.3) is 5.91 Å². The number of hydrogen-bond donors (Lipinski definition) is 2. The van der Waals surface area contributed by atoms with E-state index in [1.807, 2.05) is 29.2 Å². The standard InChI is InChI=1S/C14H17N3OS/c15-7-9-5-6-17(8-9)14(18)13-12(16)10-3-1-2-4-11(10)19-13/h1-4,9H,5-8,15-16H2. The predicted octanol–water partition coefficient (Wildman–Crippen LogP) is 1.90. The monoisotopic (exact) mass is 275 g/mol. The van der Waals surface area contributed by atoms with Crippen LogP contribution in [0.25, 0.3) is 10.1 Å². The highest BCUT2D eigenvalue weighted by Crippen LogP contribution is 2.34. The van der Waals surface area contributed by atoms with Crippen LogP contribution in [0.5, 0.6) is 0 Å². The molecule has 4 N–H and O–H groups in total. The van der Waals surface area contributed by atoms with Gasteiger partial charge in [-0.3, -0.25) is 4.79 Å². The Balaban J connectivity index is 1.92. The zero-order chi connectivity index (χ0) is 13.4. The van der Waals surface area contributed by atoms with Crippen molar-refractivity contribution >= 4 is 33.0 Å². The normalized spacial score (nSPS) is 19.2. The molecule has 5 heteroatoms. The maximum atomic E-state index is 12.5. The minimum Gasteiger partial charge on any atom is -0.397 e. The Hall–Kier alpha value is -1.59. The van der Waals surface area contributed by atoms with Gasteiger partial charge in [-0.15, -0.1) is 11.3 Å². The molecule has 0 radical (unpaired) electrons. The summed E-state index contributed by atoms with van der Waals surface area (Å²) in [7, 11) is 0. The Morgan fingerprint density at radius 3 is 2.89 bits per heavy atom. The summed E-state index contributed by atoms with van der Waals surface area (Å²) in [4.78, 5) is 15.1. The van der Waals surface area contributed by atoms with Crippen molar-refractivity contribution in [3.8, 4) is 0 Å². The fraction of sp³-hybridized carbons (Fsp3) is 0.357. The van der Waals surface area contributed by atoms with Crippen LogP contribution in [-0.2, 0) is 0 Å². The molecule has 1 aromatic carbocycles. The van der Waals surface area contributed by atoms with Gasteiger partial charge in [-0.05, 0) is 24.9 Å². The number of nitrogens with zero attached hydrogens (tertiary/aromatic N) is 1. The van der Waals surface area contributed by atoms with Gasteiger partial charge in [0, 0.05) is 23.2 Å². The minimum atomic E-state index is 0.0506. The van der Waals surface area contributed by atoms with Crippen molar-refractivity contribution in [2.45, 2.75) is 6.42 Å². The maximum Gasteiger partial charge on any atom is 0.266 e. The van der Waals surface area contributed by atoms with E-state index in [-0.39, 0.29) is 5.91 Å². The molecule has 4 nitrogen and oxygen atoms in total. The van der Waals surface area contributed by atoms with E-state index >= 15 is 0 Å². The molecule has 0 spiro atoms. The maximum absolute atomic E-state index is 12.5. The van der Waals surface area contributed by atoms with Crippen LogP contribution in [0.15, 0.2) is 24.3 Å². The second-order valence-corrected chi connectivity index (χ2v) is 6.03. The molecular formula is C14H17N3OS. The van der Waals surface area contributed by atoms with E-state index in [0.717, 1.165) is 29.6 Å². The van der Waals surface area contributed by atoms with Gasteiger partial charge in [0.05, 0.1) is 5.69 Å². The lowest BCUT2D eigenvalue weighted by Gasteiger charge is -2.15. The third-order valence-electron chi connectivity index (χ3n) is 3.73. The zero-order valence-corrected chi connectivity index (χ0v) is 11.5. The molecule has 0 saturated carbocycles. The molecule has 1 unspecified atom stereocenters. The second-order valence-electron chi connectivity index (χ2n) is 4.98. The number of carbonyl (C=O) groups is 1. The van der Waals surface area contributed by atoms with Crippen LogP contribution >= 0.6 is 11.3 Å². The summed E-state index contributed by atoms with van der Waals surface area (Å²) in [6, 6.07) is 7.87. The van der Waals surface area contributed by atoms with Crippen LogP contribution < -0.4 is 11.5 Å². The first-order valence-corrected chi connectivity index (χ1v) is 7.28. The molecule has 1 saturated heterocycles. The zero-order valence-electron chi connectivity index (χ0n) is 10.6. The third kappa shape index (κ3) is 2.09. The topological polar surface area (TPSA) is 72.3 Å². The van der Waals surface area contributed by atoms with Gasteiger partial charge in [0.1, 0.15) is 4.88 Å². The van der Waals surface area contributed by atoms with Crippen molar-refractivity contribution < 1.29 is 4.79 Å². The van der Waals surface area contributed by atoms with Gasteiger partial charge in [-0.25, -0.2) is 0 Å². The molecule has 100 valence electrons. The predicted molar refractivity (Wildman–Crippen MR) is 79.3 cm³/mol. The largest absolute Gasteiger partial charge is 0.397 e.